The smallest absolute Gasteiger partial charge is 0.175 e. The molecule has 0 radical (unpaired) electrons. The van der Waals surface area contributed by atoms with Crippen LogP contribution in [0.1, 0.15) is 44.9 Å². The Kier molecular flexibility index (Phi) is 4.94. The monoisotopic (exact) mass is 285 g/mol. The number of rotatable bonds is 5. The van der Waals surface area contributed by atoms with Crippen LogP contribution in [0, 0.1) is 5.92 Å². The molecule has 20 heavy (non-hydrogen) atoms. The van der Waals surface area contributed by atoms with Crippen LogP contribution in [0.3, 0.4) is 0 Å². The second kappa shape index (κ2) is 6.71. The zero-order valence-electron chi connectivity index (χ0n) is 12.0. The van der Waals surface area contributed by atoms with Crippen molar-refractivity contribution in [2.75, 3.05) is 13.2 Å². The summed E-state index contributed by atoms with van der Waals surface area (Å²) in [5.41, 5.74) is 0. The largest absolute Gasteiger partial charge is 0.388 e. The molecule has 5 heteroatoms. The average Bonchev–Trinajstić information content (AvgIpc) is 3.28. The Morgan fingerprint density at radius 1 is 1.05 bits per heavy atom. The number of ether oxygens (including phenoxy) is 2. The molecular weight excluding hydrogens is 258 g/mol. The van der Waals surface area contributed by atoms with Gasteiger partial charge in [0.15, 0.2) is 6.29 Å². The van der Waals surface area contributed by atoms with Crippen molar-refractivity contribution in [2.24, 2.45) is 5.92 Å². The molecule has 1 saturated heterocycles. The fourth-order valence-electron chi connectivity index (χ4n) is 3.15. The first kappa shape index (κ1) is 14.7. The molecule has 0 bridgehead atoms. The predicted octanol–water partition coefficient (Wildman–Crippen LogP) is 0.782. The first-order valence-electron chi connectivity index (χ1n) is 8.10. The van der Waals surface area contributed by atoms with Crippen LogP contribution in [0.5, 0.6) is 0 Å². The van der Waals surface area contributed by atoms with Gasteiger partial charge in [-0.25, -0.2) is 0 Å². The van der Waals surface area contributed by atoms with E-state index in [9.17, 15) is 10.2 Å². The van der Waals surface area contributed by atoms with Gasteiger partial charge in [-0.1, -0.05) is 19.3 Å². The van der Waals surface area contributed by atoms with E-state index in [0.717, 1.165) is 25.3 Å². The van der Waals surface area contributed by atoms with Crippen molar-refractivity contribution in [1.82, 2.24) is 5.32 Å². The molecule has 3 rings (SSSR count). The molecule has 0 amide bonds. The number of aliphatic hydroxyl groups excluding tert-OH is 2. The molecule has 0 aromatic heterocycles. The van der Waals surface area contributed by atoms with Crippen molar-refractivity contribution < 1.29 is 19.7 Å². The third-order valence-electron chi connectivity index (χ3n) is 4.70. The molecule has 0 aromatic carbocycles. The molecule has 1 heterocycles. The highest BCUT2D eigenvalue weighted by Crippen LogP contribution is 2.29. The Bertz CT molecular complexity index is 304. The van der Waals surface area contributed by atoms with E-state index in [-0.39, 0.29) is 18.8 Å². The predicted molar refractivity (Wildman–Crippen MR) is 74.2 cm³/mol. The van der Waals surface area contributed by atoms with E-state index in [1.807, 2.05) is 0 Å². The van der Waals surface area contributed by atoms with Gasteiger partial charge >= 0.3 is 0 Å². The lowest BCUT2D eigenvalue weighted by Gasteiger charge is -2.40. The van der Waals surface area contributed by atoms with E-state index >= 15 is 0 Å². The average molecular weight is 285 g/mol. The standard InChI is InChI=1S/C15H27NO4/c17-12-9-19-15(20-11-4-2-1-3-5-11)13(14(12)18)16-8-10-6-7-10/h10-18H,1-9H2/t12-,13-,14-,15-/m1/s1. The van der Waals surface area contributed by atoms with Gasteiger partial charge < -0.3 is 25.0 Å². The molecule has 3 N–H and O–H groups in total. The zero-order valence-corrected chi connectivity index (χ0v) is 12.0. The van der Waals surface area contributed by atoms with E-state index in [1.54, 1.807) is 0 Å². The van der Waals surface area contributed by atoms with Crippen molar-refractivity contribution in [3.05, 3.63) is 0 Å². The number of hydrogen-bond donors (Lipinski definition) is 3. The minimum atomic E-state index is -0.821. The normalized spacial score (nSPS) is 39.9. The van der Waals surface area contributed by atoms with Crippen molar-refractivity contribution in [1.29, 1.82) is 0 Å². The summed E-state index contributed by atoms with van der Waals surface area (Å²) in [5.74, 6) is 0.719. The highest BCUT2D eigenvalue weighted by molar-refractivity contribution is 4.90. The van der Waals surface area contributed by atoms with Gasteiger partial charge in [0.25, 0.3) is 0 Å². The Morgan fingerprint density at radius 3 is 2.50 bits per heavy atom. The van der Waals surface area contributed by atoms with Crippen LogP contribution in [0.4, 0.5) is 0 Å². The molecule has 0 aromatic rings. The highest BCUT2D eigenvalue weighted by atomic mass is 16.7. The van der Waals surface area contributed by atoms with Gasteiger partial charge in [0.05, 0.1) is 18.8 Å². The lowest BCUT2D eigenvalue weighted by molar-refractivity contribution is -0.251. The van der Waals surface area contributed by atoms with Crippen molar-refractivity contribution in [2.45, 2.75) is 75.6 Å². The van der Waals surface area contributed by atoms with Gasteiger partial charge in [-0.15, -0.1) is 0 Å². The molecule has 0 spiro atoms. The van der Waals surface area contributed by atoms with Crippen molar-refractivity contribution >= 4 is 0 Å². The maximum absolute atomic E-state index is 10.2. The zero-order chi connectivity index (χ0) is 13.9. The fraction of sp³-hybridized carbons (Fsp3) is 1.00. The minimum Gasteiger partial charge on any atom is -0.388 e. The van der Waals surface area contributed by atoms with E-state index < -0.39 is 18.5 Å². The first-order valence-corrected chi connectivity index (χ1v) is 8.10. The van der Waals surface area contributed by atoms with Gasteiger partial charge in [-0.05, 0) is 38.1 Å². The topological polar surface area (TPSA) is 71.0 Å². The fourth-order valence-corrected chi connectivity index (χ4v) is 3.15. The quantitative estimate of drug-likeness (QED) is 0.696. The number of aliphatic hydroxyl groups is 2. The molecular formula is C15H27NO4. The molecule has 4 atom stereocenters. The third kappa shape index (κ3) is 3.71. The summed E-state index contributed by atoms with van der Waals surface area (Å²) >= 11 is 0. The summed E-state index contributed by atoms with van der Waals surface area (Å²) in [6, 6.07) is -0.318. The van der Waals surface area contributed by atoms with Crippen molar-refractivity contribution in [3.63, 3.8) is 0 Å². The van der Waals surface area contributed by atoms with Crippen LogP contribution in [0.25, 0.3) is 0 Å². The Hall–Kier alpha value is -0.200. The van der Waals surface area contributed by atoms with Crippen LogP contribution >= 0.6 is 0 Å². The van der Waals surface area contributed by atoms with Gasteiger partial charge in [-0.3, -0.25) is 0 Å². The molecule has 3 aliphatic rings. The highest BCUT2D eigenvalue weighted by Gasteiger charge is 2.41. The SMILES string of the molecule is O[C@H]1[C@@H](NCC2CC2)[C@@H](OC2CCCCC2)OC[C@H]1O. The van der Waals surface area contributed by atoms with Gasteiger partial charge in [-0.2, -0.15) is 0 Å². The summed E-state index contributed by atoms with van der Waals surface area (Å²) in [6.07, 6.45) is 6.55. The van der Waals surface area contributed by atoms with Crippen molar-refractivity contribution in [3.8, 4) is 0 Å². The number of hydrogen-bond acceptors (Lipinski definition) is 5. The van der Waals surface area contributed by atoms with E-state index in [2.05, 4.69) is 5.32 Å². The van der Waals surface area contributed by atoms with Crippen LogP contribution < -0.4 is 5.32 Å². The number of nitrogens with one attached hydrogen (secondary N) is 1. The lowest BCUT2D eigenvalue weighted by atomic mass is 9.97. The van der Waals surface area contributed by atoms with Crippen LogP contribution in [-0.2, 0) is 9.47 Å². The first-order chi connectivity index (χ1) is 9.74. The maximum atomic E-state index is 10.2. The molecule has 2 saturated carbocycles. The Labute approximate surface area is 120 Å². The summed E-state index contributed by atoms with van der Waals surface area (Å²) < 4.78 is 11.7. The van der Waals surface area contributed by atoms with Crippen LogP contribution in [0.2, 0.25) is 0 Å². The molecule has 1 aliphatic heterocycles. The molecule has 5 nitrogen and oxygen atoms in total. The molecule has 3 fully saturated rings. The van der Waals surface area contributed by atoms with E-state index in [4.69, 9.17) is 9.47 Å². The lowest BCUT2D eigenvalue weighted by Crippen LogP contribution is -2.60. The second-order valence-corrected chi connectivity index (χ2v) is 6.53. The van der Waals surface area contributed by atoms with E-state index in [1.165, 1.54) is 32.1 Å². The van der Waals surface area contributed by atoms with Crippen LogP contribution in [-0.4, -0.2) is 54.0 Å². The maximum Gasteiger partial charge on any atom is 0.175 e. The molecule has 116 valence electrons. The van der Waals surface area contributed by atoms with E-state index in [0.29, 0.717) is 0 Å². The Balaban J connectivity index is 1.56. The van der Waals surface area contributed by atoms with Gasteiger partial charge in [0, 0.05) is 0 Å². The molecule has 0 unspecified atom stereocenters. The summed E-state index contributed by atoms with van der Waals surface area (Å²) in [5, 5.41) is 23.3. The Morgan fingerprint density at radius 2 is 1.80 bits per heavy atom. The summed E-state index contributed by atoms with van der Waals surface area (Å²) in [4.78, 5) is 0. The summed E-state index contributed by atoms with van der Waals surface area (Å²) in [7, 11) is 0. The molecule has 2 aliphatic carbocycles. The minimum absolute atomic E-state index is 0.153. The van der Waals surface area contributed by atoms with Gasteiger partial charge in [0.1, 0.15) is 12.2 Å². The third-order valence-corrected chi connectivity index (χ3v) is 4.70. The second-order valence-electron chi connectivity index (χ2n) is 6.53. The van der Waals surface area contributed by atoms with Gasteiger partial charge in [0.2, 0.25) is 0 Å². The van der Waals surface area contributed by atoms with Crippen LogP contribution in [0.15, 0.2) is 0 Å². The summed E-state index contributed by atoms with van der Waals surface area (Å²) in [6.45, 7) is 1.03.